The standard InChI is InChI=1S/C9H16N4S/c14-6-2-1-3-12-4-5-13-8-10-11-9(13)7-12/h8,14H,1-7H2. The Kier molecular flexibility index (Phi) is 3.42. The molecule has 0 spiro atoms. The molecular weight excluding hydrogens is 196 g/mol. The summed E-state index contributed by atoms with van der Waals surface area (Å²) in [4.78, 5) is 2.44. The van der Waals surface area contributed by atoms with E-state index in [-0.39, 0.29) is 0 Å². The summed E-state index contributed by atoms with van der Waals surface area (Å²) >= 11 is 4.21. The van der Waals surface area contributed by atoms with E-state index in [2.05, 4.69) is 32.3 Å². The third-order valence-electron chi connectivity index (χ3n) is 2.60. The van der Waals surface area contributed by atoms with Crippen LogP contribution in [-0.4, -0.2) is 38.5 Å². The molecule has 0 aliphatic carbocycles. The first kappa shape index (κ1) is 9.98. The Morgan fingerprint density at radius 2 is 2.29 bits per heavy atom. The minimum atomic E-state index is 0.951. The van der Waals surface area contributed by atoms with Crippen LogP contribution >= 0.6 is 12.6 Å². The molecule has 0 saturated heterocycles. The van der Waals surface area contributed by atoms with Crippen LogP contribution in [0.3, 0.4) is 0 Å². The molecule has 5 heteroatoms. The van der Waals surface area contributed by atoms with E-state index in [1.54, 1.807) is 0 Å². The Bertz CT molecular complexity index is 286. The summed E-state index contributed by atoms with van der Waals surface area (Å²) in [7, 11) is 0. The maximum absolute atomic E-state index is 4.21. The van der Waals surface area contributed by atoms with E-state index < -0.39 is 0 Å². The largest absolute Gasteiger partial charge is 0.315 e. The summed E-state index contributed by atoms with van der Waals surface area (Å²) in [5, 5.41) is 8.00. The van der Waals surface area contributed by atoms with Gasteiger partial charge in [-0.2, -0.15) is 12.6 Å². The van der Waals surface area contributed by atoms with Gasteiger partial charge in [0.25, 0.3) is 0 Å². The number of fused-ring (bicyclic) bond motifs is 1. The number of hydrogen-bond acceptors (Lipinski definition) is 4. The van der Waals surface area contributed by atoms with Crippen molar-refractivity contribution in [1.82, 2.24) is 19.7 Å². The second-order valence-electron chi connectivity index (χ2n) is 3.65. The zero-order valence-corrected chi connectivity index (χ0v) is 9.16. The Labute approximate surface area is 89.7 Å². The van der Waals surface area contributed by atoms with Gasteiger partial charge in [0.1, 0.15) is 12.2 Å². The number of unbranched alkanes of at least 4 members (excludes halogenated alkanes) is 1. The van der Waals surface area contributed by atoms with Crippen molar-refractivity contribution >= 4 is 12.6 Å². The van der Waals surface area contributed by atoms with Gasteiger partial charge in [-0.25, -0.2) is 0 Å². The molecule has 1 aromatic rings. The second kappa shape index (κ2) is 4.79. The molecule has 4 nitrogen and oxygen atoms in total. The molecule has 0 radical (unpaired) electrons. The summed E-state index contributed by atoms with van der Waals surface area (Å²) in [5.74, 6) is 2.09. The van der Waals surface area contributed by atoms with Gasteiger partial charge in [-0.3, -0.25) is 4.90 Å². The predicted octanol–water partition coefficient (Wildman–Crippen LogP) is 0.804. The highest BCUT2D eigenvalue weighted by Crippen LogP contribution is 2.09. The summed E-state index contributed by atoms with van der Waals surface area (Å²) in [6.07, 6.45) is 4.25. The fourth-order valence-electron chi connectivity index (χ4n) is 1.75. The van der Waals surface area contributed by atoms with Crippen molar-refractivity contribution in [3.05, 3.63) is 12.2 Å². The van der Waals surface area contributed by atoms with E-state index in [9.17, 15) is 0 Å². The minimum Gasteiger partial charge on any atom is -0.315 e. The Balaban J connectivity index is 1.82. The van der Waals surface area contributed by atoms with Gasteiger partial charge in [0.2, 0.25) is 0 Å². The number of nitrogens with zero attached hydrogens (tertiary/aromatic N) is 4. The SMILES string of the molecule is SCCCCN1CCn2cnnc2C1. The van der Waals surface area contributed by atoms with Crippen LogP contribution < -0.4 is 0 Å². The third-order valence-corrected chi connectivity index (χ3v) is 2.92. The van der Waals surface area contributed by atoms with Gasteiger partial charge >= 0.3 is 0 Å². The molecule has 1 aliphatic heterocycles. The summed E-state index contributed by atoms with van der Waals surface area (Å²) in [6.45, 7) is 4.26. The van der Waals surface area contributed by atoms with Gasteiger partial charge in [-0.05, 0) is 25.1 Å². The number of thiol groups is 1. The molecule has 0 amide bonds. The van der Waals surface area contributed by atoms with Crippen LogP contribution in [0.4, 0.5) is 0 Å². The van der Waals surface area contributed by atoms with Crippen LogP contribution in [0.15, 0.2) is 6.33 Å². The zero-order chi connectivity index (χ0) is 9.80. The van der Waals surface area contributed by atoms with Crippen LogP contribution in [0, 0.1) is 0 Å². The average molecular weight is 212 g/mol. The fraction of sp³-hybridized carbons (Fsp3) is 0.778. The maximum atomic E-state index is 4.21. The number of aromatic nitrogens is 3. The quantitative estimate of drug-likeness (QED) is 0.592. The first-order valence-corrected chi connectivity index (χ1v) is 5.73. The lowest BCUT2D eigenvalue weighted by molar-refractivity contribution is 0.214. The molecule has 0 bridgehead atoms. The summed E-state index contributed by atoms with van der Waals surface area (Å²) in [6, 6.07) is 0. The van der Waals surface area contributed by atoms with Crippen molar-refractivity contribution in [3.8, 4) is 0 Å². The Morgan fingerprint density at radius 1 is 1.36 bits per heavy atom. The van der Waals surface area contributed by atoms with Gasteiger partial charge in [0, 0.05) is 13.1 Å². The van der Waals surface area contributed by atoms with E-state index in [1.807, 2.05) is 6.33 Å². The summed E-state index contributed by atoms with van der Waals surface area (Å²) in [5.41, 5.74) is 0. The van der Waals surface area contributed by atoms with Gasteiger partial charge in [0.15, 0.2) is 0 Å². The molecular formula is C9H16N4S. The van der Waals surface area contributed by atoms with Gasteiger partial charge in [0.05, 0.1) is 6.54 Å². The molecule has 2 heterocycles. The van der Waals surface area contributed by atoms with Crippen molar-refractivity contribution in [2.24, 2.45) is 0 Å². The molecule has 2 rings (SSSR count). The van der Waals surface area contributed by atoms with Crippen LogP contribution in [0.25, 0.3) is 0 Å². The molecule has 14 heavy (non-hydrogen) atoms. The van der Waals surface area contributed by atoms with Crippen molar-refractivity contribution in [1.29, 1.82) is 0 Å². The number of hydrogen-bond donors (Lipinski definition) is 1. The highest BCUT2D eigenvalue weighted by molar-refractivity contribution is 7.80. The fourth-order valence-corrected chi connectivity index (χ4v) is 1.98. The van der Waals surface area contributed by atoms with Crippen molar-refractivity contribution in [3.63, 3.8) is 0 Å². The lowest BCUT2D eigenvalue weighted by atomic mass is 10.3. The number of rotatable bonds is 4. The van der Waals surface area contributed by atoms with Crippen molar-refractivity contribution < 1.29 is 0 Å². The lowest BCUT2D eigenvalue weighted by Crippen LogP contribution is -2.34. The first-order valence-electron chi connectivity index (χ1n) is 5.10. The Hall–Kier alpha value is -0.550. The van der Waals surface area contributed by atoms with Gasteiger partial charge < -0.3 is 4.57 Å². The van der Waals surface area contributed by atoms with Crippen LogP contribution in [0.2, 0.25) is 0 Å². The van der Waals surface area contributed by atoms with Crippen molar-refractivity contribution in [2.75, 3.05) is 18.8 Å². The molecule has 78 valence electrons. The van der Waals surface area contributed by atoms with Gasteiger partial charge in [-0.1, -0.05) is 0 Å². The molecule has 0 saturated carbocycles. The topological polar surface area (TPSA) is 34.0 Å². The smallest absolute Gasteiger partial charge is 0.147 e. The summed E-state index contributed by atoms with van der Waals surface area (Å²) < 4.78 is 2.13. The van der Waals surface area contributed by atoms with E-state index >= 15 is 0 Å². The second-order valence-corrected chi connectivity index (χ2v) is 4.09. The van der Waals surface area contributed by atoms with E-state index in [0.29, 0.717) is 0 Å². The Morgan fingerprint density at radius 3 is 3.14 bits per heavy atom. The van der Waals surface area contributed by atoms with Crippen LogP contribution in [-0.2, 0) is 13.1 Å². The van der Waals surface area contributed by atoms with Crippen LogP contribution in [0.1, 0.15) is 18.7 Å². The van der Waals surface area contributed by atoms with Crippen LogP contribution in [0.5, 0.6) is 0 Å². The lowest BCUT2D eigenvalue weighted by Gasteiger charge is -2.26. The van der Waals surface area contributed by atoms with Gasteiger partial charge in [-0.15, -0.1) is 10.2 Å². The van der Waals surface area contributed by atoms with Crippen molar-refractivity contribution in [2.45, 2.75) is 25.9 Å². The minimum absolute atomic E-state index is 0.951. The highest BCUT2D eigenvalue weighted by Gasteiger charge is 2.16. The zero-order valence-electron chi connectivity index (χ0n) is 8.26. The normalized spacial score (nSPS) is 16.9. The third kappa shape index (κ3) is 2.27. The maximum Gasteiger partial charge on any atom is 0.147 e. The monoisotopic (exact) mass is 212 g/mol. The molecule has 0 aromatic carbocycles. The molecule has 0 fully saturated rings. The van der Waals surface area contributed by atoms with E-state index in [0.717, 1.165) is 37.8 Å². The van der Waals surface area contributed by atoms with E-state index in [1.165, 1.54) is 12.8 Å². The molecule has 0 N–H and O–H groups in total. The first-order chi connectivity index (χ1) is 6.90. The molecule has 0 atom stereocenters. The molecule has 0 unspecified atom stereocenters. The highest BCUT2D eigenvalue weighted by atomic mass is 32.1. The van der Waals surface area contributed by atoms with E-state index in [4.69, 9.17) is 0 Å². The molecule has 1 aliphatic rings. The predicted molar refractivity (Wildman–Crippen MR) is 58.4 cm³/mol. The average Bonchev–Trinajstić information content (AvgIpc) is 2.65. The molecule has 1 aromatic heterocycles.